The lowest BCUT2D eigenvalue weighted by atomic mass is 9.82. The zero-order chi connectivity index (χ0) is 24.2. The molecule has 182 valence electrons. The van der Waals surface area contributed by atoms with Crippen LogP contribution in [0.3, 0.4) is 0 Å². The van der Waals surface area contributed by atoms with Crippen molar-refractivity contribution in [3.63, 3.8) is 0 Å². The molecule has 2 aromatic rings. The number of amides is 2. The molecule has 6 heteroatoms. The number of anilines is 1. The van der Waals surface area contributed by atoms with Crippen LogP contribution in [-0.4, -0.2) is 32.1 Å². The van der Waals surface area contributed by atoms with Crippen molar-refractivity contribution in [1.29, 1.82) is 0 Å². The van der Waals surface area contributed by atoms with Gasteiger partial charge in [-0.1, -0.05) is 30.7 Å². The molecule has 1 heterocycles. The van der Waals surface area contributed by atoms with Gasteiger partial charge in [-0.15, -0.1) is 0 Å². The number of carbonyl (C=O) groups excluding carboxylic acids is 2. The number of aryl methyl sites for hydroxylation is 1. The second-order valence-electron chi connectivity index (χ2n) is 9.77. The number of hydrogen-bond donors (Lipinski definition) is 1. The Morgan fingerprint density at radius 3 is 2.26 bits per heavy atom. The summed E-state index contributed by atoms with van der Waals surface area (Å²) in [6.45, 7) is 4.30. The van der Waals surface area contributed by atoms with Crippen molar-refractivity contribution in [2.45, 2.75) is 64.5 Å². The monoisotopic (exact) mass is 464 g/mol. The van der Waals surface area contributed by atoms with Crippen LogP contribution < -0.4 is 19.7 Å². The van der Waals surface area contributed by atoms with E-state index in [4.69, 9.17) is 9.47 Å². The van der Waals surface area contributed by atoms with E-state index >= 15 is 0 Å². The number of benzene rings is 2. The molecular formula is C28H36N2O4. The molecule has 0 radical (unpaired) electrons. The lowest BCUT2D eigenvalue weighted by Crippen LogP contribution is -2.50. The maximum absolute atomic E-state index is 13.6. The molecule has 0 bridgehead atoms. The fourth-order valence-corrected chi connectivity index (χ4v) is 5.31. The van der Waals surface area contributed by atoms with Crippen LogP contribution in [0.1, 0.15) is 62.6 Å². The van der Waals surface area contributed by atoms with E-state index in [-0.39, 0.29) is 23.8 Å². The Morgan fingerprint density at radius 1 is 0.941 bits per heavy atom. The number of methoxy groups -OCH3 is 2. The maximum Gasteiger partial charge on any atom is 0.227 e. The highest BCUT2D eigenvalue weighted by atomic mass is 16.5. The third-order valence-electron chi connectivity index (χ3n) is 7.36. The van der Waals surface area contributed by atoms with Crippen LogP contribution in [-0.2, 0) is 9.59 Å². The Bertz CT molecular complexity index is 1010. The maximum atomic E-state index is 13.6. The Kier molecular flexibility index (Phi) is 7.44. The summed E-state index contributed by atoms with van der Waals surface area (Å²) in [7, 11) is 3.20. The first-order valence-corrected chi connectivity index (χ1v) is 12.3. The normalized spacial score (nSPS) is 25.1. The molecule has 2 unspecified atom stereocenters. The first-order valence-electron chi connectivity index (χ1n) is 12.3. The fraction of sp³-hybridized carbons (Fsp3) is 0.500. The predicted molar refractivity (Wildman–Crippen MR) is 133 cm³/mol. The highest BCUT2D eigenvalue weighted by Crippen LogP contribution is 2.42. The van der Waals surface area contributed by atoms with Gasteiger partial charge in [0.1, 0.15) is 0 Å². The van der Waals surface area contributed by atoms with Crippen molar-refractivity contribution < 1.29 is 19.1 Å². The Labute approximate surface area is 202 Å². The van der Waals surface area contributed by atoms with Gasteiger partial charge in [-0.05, 0) is 74.8 Å². The molecule has 4 rings (SSSR count). The van der Waals surface area contributed by atoms with Gasteiger partial charge in [0.15, 0.2) is 11.5 Å². The molecule has 2 aromatic carbocycles. The highest BCUT2D eigenvalue weighted by Gasteiger charge is 2.42. The third-order valence-corrected chi connectivity index (χ3v) is 7.36. The van der Waals surface area contributed by atoms with Crippen molar-refractivity contribution in [1.82, 2.24) is 5.32 Å². The second kappa shape index (κ2) is 10.5. The lowest BCUT2D eigenvalue weighted by molar-refractivity contribution is -0.130. The van der Waals surface area contributed by atoms with Gasteiger partial charge in [-0.2, -0.15) is 0 Å². The van der Waals surface area contributed by atoms with Crippen molar-refractivity contribution in [3.05, 3.63) is 53.6 Å². The highest BCUT2D eigenvalue weighted by molar-refractivity contribution is 5.97. The van der Waals surface area contributed by atoms with E-state index in [0.29, 0.717) is 24.3 Å². The van der Waals surface area contributed by atoms with Crippen LogP contribution in [0.5, 0.6) is 11.5 Å². The molecule has 2 atom stereocenters. The molecule has 1 N–H and O–H groups in total. The number of ether oxygens (including phenoxy) is 2. The van der Waals surface area contributed by atoms with Gasteiger partial charge in [0.25, 0.3) is 0 Å². The predicted octanol–water partition coefficient (Wildman–Crippen LogP) is 5.19. The quantitative estimate of drug-likeness (QED) is 0.639. The zero-order valence-corrected chi connectivity index (χ0v) is 20.7. The number of carbonyl (C=O) groups is 2. The summed E-state index contributed by atoms with van der Waals surface area (Å²) < 4.78 is 11.0. The summed E-state index contributed by atoms with van der Waals surface area (Å²) in [5, 5.41) is 3.32. The number of rotatable bonds is 6. The first-order chi connectivity index (χ1) is 16.4. The molecule has 1 saturated heterocycles. The van der Waals surface area contributed by atoms with E-state index in [0.717, 1.165) is 48.4 Å². The molecule has 34 heavy (non-hydrogen) atoms. The largest absolute Gasteiger partial charge is 0.493 e. The zero-order valence-electron chi connectivity index (χ0n) is 20.7. The van der Waals surface area contributed by atoms with Crippen LogP contribution in [0.4, 0.5) is 5.69 Å². The summed E-state index contributed by atoms with van der Waals surface area (Å²) in [4.78, 5) is 28.7. The number of hydrogen-bond acceptors (Lipinski definition) is 4. The average Bonchev–Trinajstić information content (AvgIpc) is 2.85. The summed E-state index contributed by atoms with van der Waals surface area (Å²) in [6.07, 6.45) is 5.18. The van der Waals surface area contributed by atoms with Crippen molar-refractivity contribution in [3.8, 4) is 11.5 Å². The van der Waals surface area contributed by atoms with Crippen LogP contribution in [0, 0.1) is 18.8 Å². The molecule has 0 spiro atoms. The van der Waals surface area contributed by atoms with E-state index in [1.165, 1.54) is 0 Å². The molecule has 1 aliphatic heterocycles. The van der Waals surface area contributed by atoms with Crippen molar-refractivity contribution in [2.24, 2.45) is 11.8 Å². The topological polar surface area (TPSA) is 67.9 Å². The van der Waals surface area contributed by atoms with E-state index < -0.39 is 6.04 Å². The van der Waals surface area contributed by atoms with E-state index in [1.807, 2.05) is 49.4 Å². The molecule has 0 aromatic heterocycles. The third kappa shape index (κ3) is 5.06. The minimum atomic E-state index is -0.425. The van der Waals surface area contributed by atoms with Crippen LogP contribution in [0.15, 0.2) is 42.5 Å². The Hall–Kier alpha value is -3.02. The van der Waals surface area contributed by atoms with E-state index in [1.54, 1.807) is 19.1 Å². The van der Waals surface area contributed by atoms with Gasteiger partial charge in [0.2, 0.25) is 11.8 Å². The molecular weight excluding hydrogens is 428 g/mol. The van der Waals surface area contributed by atoms with Crippen molar-refractivity contribution >= 4 is 17.5 Å². The van der Waals surface area contributed by atoms with Crippen LogP contribution in [0.2, 0.25) is 0 Å². The lowest BCUT2D eigenvalue weighted by Gasteiger charge is -2.41. The number of nitrogens with zero attached hydrogens (tertiary/aromatic N) is 1. The minimum Gasteiger partial charge on any atom is -0.493 e. The number of piperidine rings is 1. The standard InChI is InChI=1S/C28H36N2O4/c1-18-5-10-21(11-6-18)29-28(32)23-14-16-26(31)30(22-12-7-19(2)8-13-22)27(23)20-9-15-24(33-3)25(17-20)34-4/h7-9,12-13,15,17-18,21,23,27H,5-6,10-11,14,16H2,1-4H3,(H,29,32). The minimum absolute atomic E-state index is 0.0270. The molecule has 2 amide bonds. The summed E-state index contributed by atoms with van der Waals surface area (Å²) >= 11 is 0. The molecule has 1 aliphatic carbocycles. The molecule has 1 saturated carbocycles. The van der Waals surface area contributed by atoms with E-state index in [9.17, 15) is 9.59 Å². The van der Waals surface area contributed by atoms with Gasteiger partial charge in [0, 0.05) is 18.2 Å². The average molecular weight is 465 g/mol. The van der Waals surface area contributed by atoms with Gasteiger partial charge < -0.3 is 19.7 Å². The van der Waals surface area contributed by atoms with Gasteiger partial charge in [-0.3, -0.25) is 9.59 Å². The SMILES string of the molecule is COc1ccc(C2C(C(=O)NC3CCC(C)CC3)CCC(=O)N2c2ccc(C)cc2)cc1OC. The Balaban J connectivity index is 1.71. The van der Waals surface area contributed by atoms with Gasteiger partial charge in [0.05, 0.1) is 26.2 Å². The molecule has 6 nitrogen and oxygen atoms in total. The van der Waals surface area contributed by atoms with Crippen LogP contribution >= 0.6 is 0 Å². The smallest absolute Gasteiger partial charge is 0.227 e. The fourth-order valence-electron chi connectivity index (χ4n) is 5.31. The summed E-state index contributed by atoms with van der Waals surface area (Å²) in [5.41, 5.74) is 2.79. The second-order valence-corrected chi connectivity index (χ2v) is 9.77. The van der Waals surface area contributed by atoms with Crippen LogP contribution in [0.25, 0.3) is 0 Å². The van der Waals surface area contributed by atoms with E-state index in [2.05, 4.69) is 12.2 Å². The summed E-state index contributed by atoms with van der Waals surface area (Å²) in [5.74, 6) is 1.63. The van der Waals surface area contributed by atoms with Crippen molar-refractivity contribution in [2.75, 3.05) is 19.1 Å². The number of nitrogens with one attached hydrogen (secondary N) is 1. The Morgan fingerprint density at radius 2 is 1.62 bits per heavy atom. The van der Waals surface area contributed by atoms with Gasteiger partial charge >= 0.3 is 0 Å². The molecule has 2 fully saturated rings. The van der Waals surface area contributed by atoms with Gasteiger partial charge in [-0.25, -0.2) is 0 Å². The first kappa shape index (κ1) is 24.1. The molecule has 2 aliphatic rings. The summed E-state index contributed by atoms with van der Waals surface area (Å²) in [6, 6.07) is 13.4.